The van der Waals surface area contributed by atoms with Gasteiger partial charge in [0.25, 0.3) is 5.91 Å². The molecule has 1 aliphatic heterocycles. The highest BCUT2D eigenvalue weighted by Crippen LogP contribution is 2.22. The molecule has 0 bridgehead atoms. The summed E-state index contributed by atoms with van der Waals surface area (Å²) in [6.07, 6.45) is 11.9. The summed E-state index contributed by atoms with van der Waals surface area (Å²) in [6, 6.07) is 10.1. The van der Waals surface area contributed by atoms with Crippen molar-refractivity contribution in [3.8, 4) is 11.3 Å². The molecule has 1 aromatic carbocycles. The summed E-state index contributed by atoms with van der Waals surface area (Å²) in [6.45, 7) is 3.26. The molecule has 4 rings (SSSR count). The highest BCUT2D eigenvalue weighted by atomic mass is 19.1. The summed E-state index contributed by atoms with van der Waals surface area (Å²) in [4.78, 5) is 19.5. The maximum absolute atomic E-state index is 13.4. The van der Waals surface area contributed by atoms with E-state index in [0.29, 0.717) is 16.8 Å². The smallest absolute Gasteiger partial charge is 0.253 e. The van der Waals surface area contributed by atoms with Gasteiger partial charge in [-0.15, -0.1) is 0 Å². The van der Waals surface area contributed by atoms with E-state index in [1.54, 1.807) is 24.4 Å². The molecule has 1 atom stereocenters. The zero-order valence-corrected chi connectivity index (χ0v) is 16.7. The summed E-state index contributed by atoms with van der Waals surface area (Å²) in [5.41, 5.74) is 1.91. The lowest BCUT2D eigenvalue weighted by atomic mass is 9.93. The molecule has 1 N–H and O–H groups in total. The Labute approximate surface area is 171 Å². The van der Waals surface area contributed by atoms with Crippen molar-refractivity contribution < 1.29 is 9.18 Å². The molecule has 29 heavy (non-hydrogen) atoms. The molecule has 1 aliphatic carbocycles. The topological polar surface area (TPSA) is 45.2 Å². The van der Waals surface area contributed by atoms with Crippen LogP contribution in [-0.4, -0.2) is 41.5 Å². The third-order valence-electron chi connectivity index (χ3n) is 5.96. The zero-order chi connectivity index (χ0) is 20.1. The maximum atomic E-state index is 13.4. The number of nitrogens with one attached hydrogen (secondary N) is 1. The molecule has 2 aromatic rings. The third-order valence-corrected chi connectivity index (χ3v) is 5.96. The number of benzene rings is 1. The Hall–Kier alpha value is -2.53. The van der Waals surface area contributed by atoms with E-state index in [4.69, 9.17) is 0 Å². The van der Waals surface area contributed by atoms with Crippen molar-refractivity contribution in [3.63, 3.8) is 0 Å². The van der Waals surface area contributed by atoms with E-state index in [-0.39, 0.29) is 17.8 Å². The average Bonchev–Trinajstić information content (AvgIpc) is 2.76. The minimum atomic E-state index is -0.294. The number of hydrogen-bond donors (Lipinski definition) is 1. The number of amides is 1. The molecular weight excluding hydrogens is 365 g/mol. The van der Waals surface area contributed by atoms with Crippen molar-refractivity contribution in [3.05, 3.63) is 66.1 Å². The van der Waals surface area contributed by atoms with Crippen LogP contribution in [0.2, 0.25) is 0 Å². The molecule has 4 nitrogen and oxygen atoms in total. The molecule has 0 spiro atoms. The van der Waals surface area contributed by atoms with Gasteiger partial charge in [-0.1, -0.05) is 24.3 Å². The van der Waals surface area contributed by atoms with Gasteiger partial charge < -0.3 is 10.2 Å². The van der Waals surface area contributed by atoms with Crippen LogP contribution < -0.4 is 5.32 Å². The second kappa shape index (κ2) is 9.31. The van der Waals surface area contributed by atoms with Gasteiger partial charge in [-0.3, -0.25) is 9.78 Å². The molecule has 0 radical (unpaired) electrons. The lowest BCUT2D eigenvalue weighted by Crippen LogP contribution is -2.45. The Kier molecular flexibility index (Phi) is 6.35. The van der Waals surface area contributed by atoms with Crippen LogP contribution >= 0.6 is 0 Å². The fourth-order valence-electron chi connectivity index (χ4n) is 4.26. The van der Waals surface area contributed by atoms with E-state index < -0.39 is 0 Å². The summed E-state index contributed by atoms with van der Waals surface area (Å²) in [7, 11) is 0. The number of likely N-dealkylation sites (tertiary alicyclic amines) is 1. The highest BCUT2D eigenvalue weighted by molar-refractivity contribution is 5.94. The number of carbonyl (C=O) groups is 1. The van der Waals surface area contributed by atoms with E-state index in [2.05, 4.69) is 27.4 Å². The van der Waals surface area contributed by atoms with Crippen molar-refractivity contribution in [2.45, 2.75) is 38.1 Å². The first-order chi connectivity index (χ1) is 14.2. The fraction of sp³-hybridized carbons (Fsp3) is 0.417. The largest absolute Gasteiger partial charge is 0.349 e. The molecule has 2 aliphatic rings. The number of nitrogens with zero attached hydrogens (tertiary/aromatic N) is 2. The SMILES string of the molecule is O=C(NC1CCN(CC2CC=CCC2)CC1)c1ccc(-c2cccc(F)c2)nc1. The predicted molar refractivity (Wildman–Crippen MR) is 113 cm³/mol. The fourth-order valence-corrected chi connectivity index (χ4v) is 4.26. The van der Waals surface area contributed by atoms with Gasteiger partial charge in [0.05, 0.1) is 11.3 Å². The maximum Gasteiger partial charge on any atom is 0.253 e. The van der Waals surface area contributed by atoms with Gasteiger partial charge in [-0.25, -0.2) is 4.39 Å². The minimum Gasteiger partial charge on any atom is -0.349 e. The molecule has 1 amide bonds. The van der Waals surface area contributed by atoms with Gasteiger partial charge in [0, 0.05) is 37.4 Å². The monoisotopic (exact) mass is 393 g/mol. The van der Waals surface area contributed by atoms with Gasteiger partial charge in [0.1, 0.15) is 5.82 Å². The zero-order valence-electron chi connectivity index (χ0n) is 16.7. The van der Waals surface area contributed by atoms with Crippen LogP contribution in [0, 0.1) is 11.7 Å². The molecule has 1 saturated heterocycles. The van der Waals surface area contributed by atoms with Crippen molar-refractivity contribution in [1.29, 1.82) is 0 Å². The van der Waals surface area contributed by atoms with Crippen molar-refractivity contribution in [2.75, 3.05) is 19.6 Å². The first-order valence-corrected chi connectivity index (χ1v) is 10.6. The van der Waals surface area contributed by atoms with Gasteiger partial charge in [-0.05, 0) is 62.3 Å². The Bertz CT molecular complexity index is 857. The molecule has 5 heteroatoms. The van der Waals surface area contributed by atoms with Crippen molar-refractivity contribution in [2.24, 2.45) is 5.92 Å². The molecule has 1 unspecified atom stereocenters. The first kappa shape index (κ1) is 19.8. The lowest BCUT2D eigenvalue weighted by Gasteiger charge is -2.35. The van der Waals surface area contributed by atoms with Crippen LogP contribution in [0.1, 0.15) is 42.5 Å². The molecule has 0 saturated carbocycles. The van der Waals surface area contributed by atoms with E-state index >= 15 is 0 Å². The lowest BCUT2D eigenvalue weighted by molar-refractivity contribution is 0.0904. The Morgan fingerprint density at radius 3 is 2.69 bits per heavy atom. The van der Waals surface area contributed by atoms with Crippen LogP contribution in [0.5, 0.6) is 0 Å². The molecule has 1 aromatic heterocycles. The predicted octanol–water partition coefficient (Wildman–Crippen LogP) is 4.44. The number of pyridine rings is 1. The first-order valence-electron chi connectivity index (χ1n) is 10.6. The molecular formula is C24H28FN3O. The summed E-state index contributed by atoms with van der Waals surface area (Å²) in [5, 5.41) is 3.15. The quantitative estimate of drug-likeness (QED) is 0.764. The number of rotatable bonds is 5. The van der Waals surface area contributed by atoms with Gasteiger partial charge >= 0.3 is 0 Å². The Morgan fingerprint density at radius 1 is 1.14 bits per heavy atom. The second-order valence-corrected chi connectivity index (χ2v) is 8.14. The van der Waals surface area contributed by atoms with Gasteiger partial charge in [0.2, 0.25) is 0 Å². The van der Waals surface area contributed by atoms with Crippen LogP contribution in [0.4, 0.5) is 4.39 Å². The van der Waals surface area contributed by atoms with Gasteiger partial charge in [0.15, 0.2) is 0 Å². The number of hydrogen-bond acceptors (Lipinski definition) is 3. The Morgan fingerprint density at radius 2 is 2.00 bits per heavy atom. The number of halogens is 1. The number of carbonyl (C=O) groups excluding carboxylic acids is 1. The molecule has 152 valence electrons. The molecule has 2 heterocycles. The number of aromatic nitrogens is 1. The van der Waals surface area contributed by atoms with E-state index in [1.807, 2.05) is 6.07 Å². The minimum absolute atomic E-state index is 0.0841. The standard InChI is InChI=1S/C24H28FN3O/c25-21-8-4-7-19(15-21)23-10-9-20(16-26-23)24(29)27-22-11-13-28(14-12-22)17-18-5-2-1-3-6-18/h1-2,4,7-10,15-16,18,22H,3,5-6,11-14,17H2,(H,27,29). The average molecular weight is 394 g/mol. The summed E-state index contributed by atoms with van der Waals surface area (Å²) in [5.74, 6) is 0.408. The van der Waals surface area contributed by atoms with Crippen molar-refractivity contribution >= 4 is 5.91 Å². The van der Waals surface area contributed by atoms with Crippen LogP contribution in [-0.2, 0) is 0 Å². The molecule has 1 fully saturated rings. The van der Waals surface area contributed by atoms with E-state index in [9.17, 15) is 9.18 Å². The highest BCUT2D eigenvalue weighted by Gasteiger charge is 2.23. The van der Waals surface area contributed by atoms with Crippen LogP contribution in [0.15, 0.2) is 54.7 Å². The van der Waals surface area contributed by atoms with Crippen LogP contribution in [0.3, 0.4) is 0 Å². The summed E-state index contributed by atoms with van der Waals surface area (Å²) >= 11 is 0. The third kappa shape index (κ3) is 5.30. The van der Waals surface area contributed by atoms with Crippen molar-refractivity contribution in [1.82, 2.24) is 15.2 Å². The number of allylic oxidation sites excluding steroid dienone is 2. The second-order valence-electron chi connectivity index (χ2n) is 8.14. The van der Waals surface area contributed by atoms with Gasteiger partial charge in [-0.2, -0.15) is 0 Å². The normalized spacial score (nSPS) is 20.5. The number of piperidine rings is 1. The summed E-state index contributed by atoms with van der Waals surface area (Å²) < 4.78 is 13.4. The van der Waals surface area contributed by atoms with E-state index in [1.165, 1.54) is 37.9 Å². The van der Waals surface area contributed by atoms with E-state index in [0.717, 1.165) is 31.8 Å². The Balaban J connectivity index is 1.27. The van der Waals surface area contributed by atoms with Crippen LogP contribution in [0.25, 0.3) is 11.3 Å².